The lowest BCUT2D eigenvalue weighted by Gasteiger charge is -2.14. The van der Waals surface area contributed by atoms with Gasteiger partial charge in [-0.3, -0.25) is 9.48 Å². The van der Waals surface area contributed by atoms with Crippen LogP contribution >= 0.6 is 0 Å². The topological polar surface area (TPSA) is 73.2 Å². The Labute approximate surface area is 119 Å². The number of carbonyl (C=O) groups is 2. The quantitative estimate of drug-likeness (QED) is 0.812. The minimum absolute atomic E-state index is 0.0692. The van der Waals surface area contributed by atoms with Gasteiger partial charge in [0.25, 0.3) is 0 Å². The maximum atomic E-state index is 12.2. The zero-order valence-electron chi connectivity index (χ0n) is 12.8. The molecular weight excluding hydrogens is 258 g/mol. The molecule has 112 valence electrons. The molecule has 1 aromatic heterocycles. The first kappa shape index (κ1) is 16.2. The average Bonchev–Trinajstić information content (AvgIpc) is 2.66. The number of rotatable bonds is 6. The number of esters is 1. The van der Waals surface area contributed by atoms with E-state index >= 15 is 0 Å². The van der Waals surface area contributed by atoms with E-state index in [1.165, 1.54) is 4.68 Å². The van der Waals surface area contributed by atoms with Crippen molar-refractivity contribution >= 4 is 17.7 Å². The second-order valence-corrected chi connectivity index (χ2v) is 4.66. The van der Waals surface area contributed by atoms with Gasteiger partial charge in [0.1, 0.15) is 11.4 Å². The predicted octanol–water partition coefficient (Wildman–Crippen LogP) is 2.28. The molecule has 0 saturated heterocycles. The molecule has 0 fully saturated rings. The van der Waals surface area contributed by atoms with E-state index in [-0.39, 0.29) is 18.4 Å². The molecule has 0 bridgehead atoms. The zero-order valence-corrected chi connectivity index (χ0v) is 12.8. The Balaban J connectivity index is 3.06. The summed E-state index contributed by atoms with van der Waals surface area (Å²) in [5.41, 5.74) is 0.874. The van der Waals surface area contributed by atoms with Crippen molar-refractivity contribution in [1.29, 1.82) is 0 Å². The van der Waals surface area contributed by atoms with Crippen LogP contribution in [-0.2, 0) is 16.6 Å². The van der Waals surface area contributed by atoms with Crippen molar-refractivity contribution in [2.75, 3.05) is 11.9 Å². The van der Waals surface area contributed by atoms with Gasteiger partial charge in [0, 0.05) is 13.0 Å². The first-order valence-electron chi connectivity index (χ1n) is 6.97. The fraction of sp³-hybridized carbons (Fsp3) is 0.643. The van der Waals surface area contributed by atoms with Crippen molar-refractivity contribution in [3.05, 3.63) is 11.3 Å². The third kappa shape index (κ3) is 3.37. The molecule has 0 spiro atoms. The fourth-order valence-electron chi connectivity index (χ4n) is 2.13. The van der Waals surface area contributed by atoms with Crippen molar-refractivity contribution in [2.24, 2.45) is 13.0 Å². The Kier molecular flexibility index (Phi) is 5.73. The Hall–Kier alpha value is -1.85. The highest BCUT2D eigenvalue weighted by Crippen LogP contribution is 2.21. The van der Waals surface area contributed by atoms with Crippen molar-refractivity contribution in [3.8, 4) is 0 Å². The molecule has 6 nitrogen and oxygen atoms in total. The summed E-state index contributed by atoms with van der Waals surface area (Å²) in [4.78, 5) is 24.1. The highest BCUT2D eigenvalue weighted by Gasteiger charge is 2.24. The molecule has 0 radical (unpaired) electrons. The van der Waals surface area contributed by atoms with Crippen LogP contribution in [0, 0.1) is 12.8 Å². The Morgan fingerprint density at radius 3 is 2.40 bits per heavy atom. The van der Waals surface area contributed by atoms with E-state index in [1.807, 2.05) is 13.8 Å². The molecule has 0 aliphatic rings. The highest BCUT2D eigenvalue weighted by atomic mass is 16.5. The summed E-state index contributed by atoms with van der Waals surface area (Å²) in [6.07, 6.45) is 1.52. The number of nitrogens with zero attached hydrogens (tertiary/aromatic N) is 2. The summed E-state index contributed by atoms with van der Waals surface area (Å²) in [7, 11) is 1.69. The monoisotopic (exact) mass is 281 g/mol. The normalized spacial score (nSPS) is 10.7. The summed E-state index contributed by atoms with van der Waals surface area (Å²) in [5, 5.41) is 6.98. The van der Waals surface area contributed by atoms with Crippen LogP contribution in [0.3, 0.4) is 0 Å². The standard InChI is InChI=1S/C14H23N3O3/c1-6-10(7-2)13(18)15-12-11(14(19)20-8-3)9(4)16-17(12)5/h10H,6-8H2,1-5H3,(H,15,18). The molecule has 0 atom stereocenters. The maximum Gasteiger partial charge on any atom is 0.343 e. The summed E-state index contributed by atoms with van der Waals surface area (Å²) in [6.45, 7) is 7.68. The Bertz CT molecular complexity index is 490. The van der Waals surface area contributed by atoms with Gasteiger partial charge in [0.2, 0.25) is 5.91 Å². The van der Waals surface area contributed by atoms with Crippen LogP contribution in [0.4, 0.5) is 5.82 Å². The number of aryl methyl sites for hydroxylation is 2. The lowest BCUT2D eigenvalue weighted by Crippen LogP contribution is -2.24. The molecule has 0 aliphatic carbocycles. The zero-order chi connectivity index (χ0) is 15.3. The van der Waals surface area contributed by atoms with Gasteiger partial charge in [-0.25, -0.2) is 4.79 Å². The molecule has 6 heteroatoms. The van der Waals surface area contributed by atoms with Crippen LogP contribution in [0.2, 0.25) is 0 Å². The van der Waals surface area contributed by atoms with Gasteiger partial charge in [-0.15, -0.1) is 0 Å². The van der Waals surface area contributed by atoms with Crippen molar-refractivity contribution in [2.45, 2.75) is 40.5 Å². The van der Waals surface area contributed by atoms with Gasteiger partial charge >= 0.3 is 5.97 Å². The number of amides is 1. The van der Waals surface area contributed by atoms with Crippen molar-refractivity contribution < 1.29 is 14.3 Å². The second kappa shape index (κ2) is 7.07. The molecule has 0 aromatic carbocycles. The molecule has 1 aromatic rings. The first-order valence-corrected chi connectivity index (χ1v) is 6.97. The van der Waals surface area contributed by atoms with Crippen LogP contribution in [0.25, 0.3) is 0 Å². The average molecular weight is 281 g/mol. The van der Waals surface area contributed by atoms with E-state index < -0.39 is 5.97 Å². The molecule has 1 heterocycles. The van der Waals surface area contributed by atoms with Crippen LogP contribution in [0.5, 0.6) is 0 Å². The number of hydrogen-bond donors (Lipinski definition) is 1. The molecule has 1 rings (SSSR count). The van der Waals surface area contributed by atoms with Crippen LogP contribution in [0.1, 0.15) is 49.7 Å². The molecule has 1 amide bonds. The summed E-state index contributed by atoms with van der Waals surface area (Å²) < 4.78 is 6.52. The SMILES string of the molecule is CCOC(=O)c1c(C)nn(C)c1NC(=O)C(CC)CC. The van der Waals surface area contributed by atoms with Crippen LogP contribution in [-0.4, -0.2) is 28.3 Å². The third-order valence-corrected chi connectivity index (χ3v) is 3.30. The summed E-state index contributed by atoms with van der Waals surface area (Å²) in [5.74, 6) is -0.223. The van der Waals surface area contributed by atoms with Crippen molar-refractivity contribution in [3.63, 3.8) is 0 Å². The molecule has 0 unspecified atom stereocenters. The molecular formula is C14H23N3O3. The number of nitrogens with one attached hydrogen (secondary N) is 1. The van der Waals surface area contributed by atoms with E-state index in [1.54, 1.807) is 20.9 Å². The van der Waals surface area contributed by atoms with Gasteiger partial charge in [0.15, 0.2) is 0 Å². The molecule has 0 aliphatic heterocycles. The van der Waals surface area contributed by atoms with E-state index in [0.29, 0.717) is 17.1 Å². The lowest BCUT2D eigenvalue weighted by molar-refractivity contribution is -0.120. The number of ether oxygens (including phenoxy) is 1. The van der Waals surface area contributed by atoms with E-state index in [9.17, 15) is 9.59 Å². The largest absolute Gasteiger partial charge is 0.462 e. The summed E-state index contributed by atoms with van der Waals surface area (Å²) >= 11 is 0. The first-order chi connectivity index (χ1) is 9.46. The maximum absolute atomic E-state index is 12.2. The van der Waals surface area contributed by atoms with Crippen molar-refractivity contribution in [1.82, 2.24) is 9.78 Å². The van der Waals surface area contributed by atoms with Gasteiger partial charge < -0.3 is 10.1 Å². The molecule has 1 N–H and O–H groups in total. The van der Waals surface area contributed by atoms with Gasteiger partial charge in [-0.1, -0.05) is 13.8 Å². The van der Waals surface area contributed by atoms with E-state index in [2.05, 4.69) is 10.4 Å². The lowest BCUT2D eigenvalue weighted by atomic mass is 10.0. The third-order valence-electron chi connectivity index (χ3n) is 3.30. The highest BCUT2D eigenvalue weighted by molar-refractivity contribution is 6.01. The van der Waals surface area contributed by atoms with Gasteiger partial charge in [0.05, 0.1) is 12.3 Å². The van der Waals surface area contributed by atoms with E-state index in [4.69, 9.17) is 4.74 Å². The number of anilines is 1. The Morgan fingerprint density at radius 1 is 1.30 bits per heavy atom. The minimum atomic E-state index is -0.460. The summed E-state index contributed by atoms with van der Waals surface area (Å²) in [6, 6.07) is 0. The number of carbonyl (C=O) groups excluding carboxylic acids is 2. The van der Waals surface area contributed by atoms with Crippen LogP contribution in [0.15, 0.2) is 0 Å². The van der Waals surface area contributed by atoms with Crippen LogP contribution < -0.4 is 5.32 Å². The Morgan fingerprint density at radius 2 is 1.90 bits per heavy atom. The van der Waals surface area contributed by atoms with E-state index in [0.717, 1.165) is 12.8 Å². The number of aromatic nitrogens is 2. The predicted molar refractivity (Wildman–Crippen MR) is 76.6 cm³/mol. The fourth-order valence-corrected chi connectivity index (χ4v) is 2.13. The van der Waals surface area contributed by atoms with Gasteiger partial charge in [-0.05, 0) is 26.7 Å². The minimum Gasteiger partial charge on any atom is -0.462 e. The molecule has 20 heavy (non-hydrogen) atoms. The smallest absolute Gasteiger partial charge is 0.343 e. The number of hydrogen-bond acceptors (Lipinski definition) is 4. The molecule has 0 saturated carbocycles. The second-order valence-electron chi connectivity index (χ2n) is 4.66. The van der Waals surface area contributed by atoms with Gasteiger partial charge in [-0.2, -0.15) is 5.10 Å².